The van der Waals surface area contributed by atoms with Gasteiger partial charge in [-0.2, -0.15) is 0 Å². The zero-order valence-corrected chi connectivity index (χ0v) is 21.3. The van der Waals surface area contributed by atoms with Gasteiger partial charge in [-0.15, -0.1) is 0 Å². The lowest BCUT2D eigenvalue weighted by Gasteiger charge is -2.26. The van der Waals surface area contributed by atoms with Crippen molar-refractivity contribution in [3.8, 4) is 0 Å². The number of para-hydroxylation sites is 1. The van der Waals surface area contributed by atoms with Crippen LogP contribution in [-0.4, -0.2) is 48.0 Å². The third-order valence-corrected chi connectivity index (χ3v) is 6.63. The number of anilines is 1. The van der Waals surface area contributed by atoms with Crippen molar-refractivity contribution < 1.29 is 9.59 Å². The summed E-state index contributed by atoms with van der Waals surface area (Å²) in [7, 11) is 0. The van der Waals surface area contributed by atoms with Crippen molar-refractivity contribution in [1.82, 2.24) is 20.5 Å². The smallest absolute Gasteiger partial charge is 0.323 e. The number of nitrogens with one attached hydrogen (secondary N) is 4. The van der Waals surface area contributed by atoms with Gasteiger partial charge in [-0.1, -0.05) is 50.6 Å². The number of carbonyl (C=O) groups is 2. The lowest BCUT2D eigenvalue weighted by atomic mass is 10.0. The number of nitrogens with zero attached hydrogens (tertiary/aromatic N) is 1. The molecule has 190 valence electrons. The average Bonchev–Trinajstić information content (AvgIpc) is 3.30. The van der Waals surface area contributed by atoms with Gasteiger partial charge in [0.25, 0.3) is 5.91 Å². The monoisotopic (exact) mass is 487 g/mol. The quantitative estimate of drug-likeness (QED) is 0.239. The lowest BCUT2D eigenvalue weighted by Crippen LogP contribution is -2.38. The van der Waals surface area contributed by atoms with Crippen LogP contribution in [0, 0.1) is 0 Å². The number of urea groups is 1. The van der Waals surface area contributed by atoms with Crippen molar-refractivity contribution in [2.45, 2.75) is 45.4 Å². The Labute approximate surface area is 213 Å². The van der Waals surface area contributed by atoms with E-state index in [1.807, 2.05) is 54.7 Å². The molecule has 1 aromatic heterocycles. The van der Waals surface area contributed by atoms with Crippen molar-refractivity contribution in [3.63, 3.8) is 0 Å². The highest BCUT2D eigenvalue weighted by atomic mass is 16.2. The fourth-order valence-electron chi connectivity index (χ4n) is 4.55. The molecule has 7 heteroatoms. The Morgan fingerprint density at radius 1 is 1.03 bits per heavy atom. The first kappa shape index (κ1) is 25.5. The second-order valence-corrected chi connectivity index (χ2v) is 9.72. The summed E-state index contributed by atoms with van der Waals surface area (Å²) in [5.41, 5.74) is 3.88. The number of aromatic amines is 1. The first-order valence-corrected chi connectivity index (χ1v) is 13.0. The molecule has 0 radical (unpaired) electrons. The number of hydrogen-bond acceptors (Lipinski definition) is 3. The number of hydrogen-bond donors (Lipinski definition) is 4. The van der Waals surface area contributed by atoms with E-state index in [0.29, 0.717) is 18.2 Å². The molecule has 3 amide bonds. The first-order chi connectivity index (χ1) is 17.5. The van der Waals surface area contributed by atoms with E-state index < -0.39 is 6.03 Å². The van der Waals surface area contributed by atoms with Gasteiger partial charge in [0.2, 0.25) is 0 Å². The molecule has 2 aromatic carbocycles. The van der Waals surface area contributed by atoms with Gasteiger partial charge >= 0.3 is 6.03 Å². The second-order valence-electron chi connectivity index (χ2n) is 9.72. The van der Waals surface area contributed by atoms with Crippen molar-refractivity contribution in [2.75, 3.05) is 31.5 Å². The Balaban J connectivity index is 1.43. The third kappa shape index (κ3) is 6.98. The van der Waals surface area contributed by atoms with Gasteiger partial charge in [-0.25, -0.2) is 4.79 Å². The maximum atomic E-state index is 13.1. The molecule has 0 saturated carbocycles. The number of rotatable bonds is 9. The van der Waals surface area contributed by atoms with Gasteiger partial charge in [0.05, 0.1) is 0 Å². The Hall–Kier alpha value is -3.58. The largest absolute Gasteiger partial charge is 0.361 e. The topological polar surface area (TPSA) is 89.3 Å². The number of benzene rings is 2. The van der Waals surface area contributed by atoms with Crippen molar-refractivity contribution in [1.29, 1.82) is 0 Å². The van der Waals surface area contributed by atoms with Crippen molar-refractivity contribution >= 4 is 34.6 Å². The van der Waals surface area contributed by atoms with Crippen LogP contribution in [0.5, 0.6) is 0 Å². The van der Waals surface area contributed by atoms with Crippen LogP contribution < -0.4 is 16.0 Å². The lowest BCUT2D eigenvalue weighted by molar-refractivity contribution is -0.117. The summed E-state index contributed by atoms with van der Waals surface area (Å²) >= 11 is 0. The van der Waals surface area contributed by atoms with Gasteiger partial charge in [-0.05, 0) is 74.7 Å². The Morgan fingerprint density at radius 2 is 1.78 bits per heavy atom. The molecule has 7 nitrogen and oxygen atoms in total. The Kier molecular flexibility index (Phi) is 8.79. The number of piperidine rings is 1. The Bertz CT molecular complexity index is 1190. The summed E-state index contributed by atoms with van der Waals surface area (Å²) in [5.74, 6) is 0.112. The number of H-pyrrole nitrogens is 1. The highest BCUT2D eigenvalue weighted by Crippen LogP contribution is 2.20. The number of fused-ring (bicyclic) bond motifs is 1. The van der Waals surface area contributed by atoms with Crippen LogP contribution in [0.2, 0.25) is 0 Å². The van der Waals surface area contributed by atoms with E-state index in [4.69, 9.17) is 0 Å². The van der Waals surface area contributed by atoms with Crippen LogP contribution in [0.3, 0.4) is 0 Å². The van der Waals surface area contributed by atoms with E-state index in [-0.39, 0.29) is 11.6 Å². The minimum Gasteiger partial charge on any atom is -0.361 e. The number of aromatic nitrogens is 1. The molecule has 2 heterocycles. The number of carbonyl (C=O) groups excluding carboxylic acids is 2. The highest BCUT2D eigenvalue weighted by Gasteiger charge is 2.15. The summed E-state index contributed by atoms with van der Waals surface area (Å²) in [6.45, 7) is 8.06. The fourth-order valence-corrected chi connectivity index (χ4v) is 4.55. The highest BCUT2D eigenvalue weighted by molar-refractivity contribution is 6.05. The summed E-state index contributed by atoms with van der Waals surface area (Å²) in [5, 5.41) is 9.58. The van der Waals surface area contributed by atoms with Crippen LogP contribution in [0.4, 0.5) is 10.5 Å². The van der Waals surface area contributed by atoms with E-state index in [9.17, 15) is 9.59 Å². The van der Waals surface area contributed by atoms with Crippen LogP contribution in [-0.2, 0) is 4.79 Å². The van der Waals surface area contributed by atoms with E-state index in [1.54, 1.807) is 6.08 Å². The molecule has 1 saturated heterocycles. The van der Waals surface area contributed by atoms with Crippen LogP contribution in [0.1, 0.15) is 56.6 Å². The third-order valence-electron chi connectivity index (χ3n) is 6.63. The standard InChI is InChI=1S/C29H37N5O2/c1-21(2)22-11-13-24(14-12-22)32-29(36)33-27(19-23-20-31-26-10-5-4-9-25(23)26)28(35)30-15-8-18-34-16-6-3-7-17-34/h4-5,9-14,19-21,31H,3,6-8,15-18H2,1-2H3,(H,30,35)(H2,32,33,36). The molecule has 4 rings (SSSR count). The minimum absolute atomic E-state index is 0.203. The van der Waals surface area contributed by atoms with Crippen LogP contribution >= 0.6 is 0 Å². The second kappa shape index (κ2) is 12.4. The van der Waals surface area contributed by atoms with Gasteiger partial charge in [0, 0.05) is 34.9 Å². The number of amides is 3. The fraction of sp³-hybridized carbons (Fsp3) is 0.379. The molecule has 1 aliphatic rings. The molecule has 0 spiro atoms. The van der Waals surface area contributed by atoms with E-state index in [1.165, 1.54) is 24.8 Å². The summed E-state index contributed by atoms with van der Waals surface area (Å²) < 4.78 is 0. The zero-order valence-electron chi connectivity index (χ0n) is 21.3. The van der Waals surface area contributed by atoms with Crippen molar-refractivity contribution in [3.05, 3.63) is 71.6 Å². The van der Waals surface area contributed by atoms with E-state index in [0.717, 1.165) is 42.5 Å². The molecule has 0 bridgehead atoms. The Morgan fingerprint density at radius 3 is 2.53 bits per heavy atom. The predicted molar refractivity (Wildman–Crippen MR) is 147 cm³/mol. The van der Waals surface area contributed by atoms with Gasteiger partial charge in [0.15, 0.2) is 0 Å². The average molecular weight is 488 g/mol. The molecule has 1 fully saturated rings. The zero-order chi connectivity index (χ0) is 25.3. The maximum Gasteiger partial charge on any atom is 0.323 e. The summed E-state index contributed by atoms with van der Waals surface area (Å²) in [6, 6.07) is 15.2. The van der Waals surface area contributed by atoms with Crippen LogP contribution in [0.25, 0.3) is 17.0 Å². The van der Waals surface area contributed by atoms with E-state index in [2.05, 4.69) is 39.7 Å². The summed E-state index contributed by atoms with van der Waals surface area (Å²) in [6.07, 6.45) is 8.26. The molecule has 36 heavy (non-hydrogen) atoms. The molecular weight excluding hydrogens is 450 g/mol. The van der Waals surface area contributed by atoms with Crippen LogP contribution in [0.15, 0.2) is 60.4 Å². The molecule has 0 atom stereocenters. The minimum atomic E-state index is -0.457. The molecule has 0 unspecified atom stereocenters. The first-order valence-electron chi connectivity index (χ1n) is 13.0. The molecule has 1 aliphatic heterocycles. The van der Waals surface area contributed by atoms with Gasteiger partial charge in [0.1, 0.15) is 5.70 Å². The molecule has 0 aliphatic carbocycles. The van der Waals surface area contributed by atoms with Gasteiger partial charge in [-0.3, -0.25) is 4.79 Å². The van der Waals surface area contributed by atoms with Gasteiger partial charge < -0.3 is 25.8 Å². The van der Waals surface area contributed by atoms with E-state index >= 15 is 0 Å². The SMILES string of the molecule is CC(C)c1ccc(NC(=O)NC(=Cc2c[nH]c3ccccc23)C(=O)NCCCN2CCCCC2)cc1. The normalized spacial score (nSPS) is 14.7. The maximum absolute atomic E-state index is 13.1. The number of likely N-dealkylation sites (tertiary alicyclic amines) is 1. The summed E-state index contributed by atoms with van der Waals surface area (Å²) in [4.78, 5) is 31.6. The predicted octanol–water partition coefficient (Wildman–Crippen LogP) is 5.45. The molecule has 3 aromatic rings. The van der Waals surface area contributed by atoms with Crippen molar-refractivity contribution in [2.24, 2.45) is 0 Å². The molecule has 4 N–H and O–H groups in total. The molecular formula is C29H37N5O2.